The number of halogens is 1. The molecule has 1 N–H and O–H groups in total. The minimum atomic E-state index is -3.68. The first kappa shape index (κ1) is 19.8. The zero-order valence-electron chi connectivity index (χ0n) is 15.5. The number of nitrogens with one attached hydrogen (secondary N) is 1. The number of hydrogen-bond acceptors (Lipinski definition) is 6. The second kappa shape index (κ2) is 8.48. The van der Waals surface area contributed by atoms with Gasteiger partial charge in [0, 0.05) is 28.8 Å². The van der Waals surface area contributed by atoms with Crippen LogP contribution < -0.4 is 9.62 Å². The van der Waals surface area contributed by atoms with Gasteiger partial charge in [0.25, 0.3) is 10.0 Å². The van der Waals surface area contributed by atoms with Gasteiger partial charge >= 0.3 is 0 Å². The normalized spacial score (nSPS) is 14.6. The standard InChI is InChI=1S/C20H19BrN4O3S/c21-16-4-6-18(7-5-16)29(26,27)24-17-3-1-2-15(14-17)19-8-9-20(23-22-19)25-10-12-28-13-11-25/h1-9,14,24H,10-13H2. The van der Waals surface area contributed by atoms with Gasteiger partial charge in [0.1, 0.15) is 0 Å². The first-order valence-corrected chi connectivity index (χ1v) is 11.3. The second-order valence-electron chi connectivity index (χ2n) is 6.52. The van der Waals surface area contributed by atoms with E-state index in [1.54, 1.807) is 42.5 Å². The van der Waals surface area contributed by atoms with Crippen molar-refractivity contribution in [2.45, 2.75) is 4.90 Å². The molecular formula is C20H19BrN4O3S. The SMILES string of the molecule is O=S(=O)(Nc1cccc(-c2ccc(N3CCOCC3)nn2)c1)c1ccc(Br)cc1. The fourth-order valence-electron chi connectivity index (χ4n) is 3.01. The Hall–Kier alpha value is -2.49. The number of anilines is 2. The van der Waals surface area contributed by atoms with Crippen LogP contribution in [0.15, 0.2) is 70.0 Å². The van der Waals surface area contributed by atoms with E-state index in [2.05, 4.69) is 35.7 Å². The predicted molar refractivity (Wildman–Crippen MR) is 115 cm³/mol. The van der Waals surface area contributed by atoms with Crippen molar-refractivity contribution in [2.24, 2.45) is 0 Å². The molecule has 2 aromatic carbocycles. The van der Waals surface area contributed by atoms with E-state index in [4.69, 9.17) is 4.74 Å². The van der Waals surface area contributed by atoms with Crippen LogP contribution >= 0.6 is 15.9 Å². The highest BCUT2D eigenvalue weighted by molar-refractivity contribution is 9.10. The summed E-state index contributed by atoms with van der Waals surface area (Å²) in [5.74, 6) is 0.809. The first-order chi connectivity index (χ1) is 14.0. The van der Waals surface area contributed by atoms with Crippen molar-refractivity contribution >= 4 is 37.5 Å². The highest BCUT2D eigenvalue weighted by Gasteiger charge is 2.15. The molecule has 0 aliphatic carbocycles. The zero-order valence-corrected chi connectivity index (χ0v) is 17.9. The summed E-state index contributed by atoms with van der Waals surface area (Å²) >= 11 is 3.31. The molecule has 0 amide bonds. The monoisotopic (exact) mass is 474 g/mol. The van der Waals surface area contributed by atoms with Gasteiger partial charge in [-0.25, -0.2) is 8.42 Å². The molecule has 1 aliphatic heterocycles. The number of ether oxygens (including phenoxy) is 1. The van der Waals surface area contributed by atoms with Crippen LogP contribution in [0.4, 0.5) is 11.5 Å². The highest BCUT2D eigenvalue weighted by atomic mass is 79.9. The van der Waals surface area contributed by atoms with E-state index in [1.165, 1.54) is 0 Å². The summed E-state index contributed by atoms with van der Waals surface area (Å²) in [4.78, 5) is 2.32. The maximum absolute atomic E-state index is 12.6. The lowest BCUT2D eigenvalue weighted by Gasteiger charge is -2.27. The molecule has 0 saturated carbocycles. The molecule has 2 heterocycles. The molecule has 0 spiro atoms. The van der Waals surface area contributed by atoms with E-state index in [-0.39, 0.29) is 4.90 Å². The van der Waals surface area contributed by atoms with E-state index < -0.39 is 10.0 Å². The van der Waals surface area contributed by atoms with Crippen LogP contribution in [0.2, 0.25) is 0 Å². The minimum Gasteiger partial charge on any atom is -0.378 e. The van der Waals surface area contributed by atoms with Gasteiger partial charge in [-0.15, -0.1) is 10.2 Å². The van der Waals surface area contributed by atoms with Crippen LogP contribution in [-0.4, -0.2) is 44.9 Å². The van der Waals surface area contributed by atoms with E-state index in [0.717, 1.165) is 28.9 Å². The van der Waals surface area contributed by atoms with Crippen LogP contribution in [0.3, 0.4) is 0 Å². The average Bonchev–Trinajstić information content (AvgIpc) is 2.75. The molecule has 3 aromatic rings. The van der Waals surface area contributed by atoms with Crippen LogP contribution in [0.25, 0.3) is 11.3 Å². The number of aromatic nitrogens is 2. The van der Waals surface area contributed by atoms with Gasteiger partial charge in [-0.3, -0.25) is 4.72 Å². The van der Waals surface area contributed by atoms with Crippen molar-refractivity contribution in [1.29, 1.82) is 0 Å². The molecular weight excluding hydrogens is 456 g/mol. The number of benzene rings is 2. The van der Waals surface area contributed by atoms with E-state index >= 15 is 0 Å². The lowest BCUT2D eigenvalue weighted by Crippen LogP contribution is -2.36. The summed E-state index contributed by atoms with van der Waals surface area (Å²) in [6, 6.07) is 17.4. The summed E-state index contributed by atoms with van der Waals surface area (Å²) in [7, 11) is -3.68. The summed E-state index contributed by atoms with van der Waals surface area (Å²) in [5, 5.41) is 8.63. The molecule has 7 nitrogen and oxygen atoms in total. The highest BCUT2D eigenvalue weighted by Crippen LogP contribution is 2.24. The van der Waals surface area contributed by atoms with Crippen molar-refractivity contribution < 1.29 is 13.2 Å². The molecule has 0 bridgehead atoms. The fourth-order valence-corrected chi connectivity index (χ4v) is 4.32. The lowest BCUT2D eigenvalue weighted by molar-refractivity contribution is 0.122. The van der Waals surface area contributed by atoms with Crippen molar-refractivity contribution in [2.75, 3.05) is 35.9 Å². The molecule has 1 saturated heterocycles. The Morgan fingerprint density at radius 2 is 1.72 bits per heavy atom. The van der Waals surface area contributed by atoms with Gasteiger partial charge in [-0.05, 0) is 48.5 Å². The average molecular weight is 475 g/mol. The fraction of sp³-hybridized carbons (Fsp3) is 0.200. The predicted octanol–water partition coefficient (Wildman–Crippen LogP) is 3.54. The summed E-state index contributed by atoms with van der Waals surface area (Å²) < 4.78 is 34.0. The molecule has 1 aromatic heterocycles. The van der Waals surface area contributed by atoms with E-state index in [1.807, 2.05) is 18.2 Å². The molecule has 0 atom stereocenters. The molecule has 1 fully saturated rings. The first-order valence-electron chi connectivity index (χ1n) is 9.06. The van der Waals surface area contributed by atoms with Crippen LogP contribution in [-0.2, 0) is 14.8 Å². The number of nitrogens with zero attached hydrogens (tertiary/aromatic N) is 3. The number of morpholine rings is 1. The Bertz CT molecular complexity index is 1080. The Morgan fingerprint density at radius 3 is 2.41 bits per heavy atom. The zero-order chi connectivity index (χ0) is 20.3. The quantitative estimate of drug-likeness (QED) is 0.608. The molecule has 4 rings (SSSR count). The largest absolute Gasteiger partial charge is 0.378 e. The lowest BCUT2D eigenvalue weighted by atomic mass is 10.1. The summed E-state index contributed by atoms with van der Waals surface area (Å²) in [6.07, 6.45) is 0. The molecule has 150 valence electrons. The Morgan fingerprint density at radius 1 is 0.966 bits per heavy atom. The smallest absolute Gasteiger partial charge is 0.261 e. The van der Waals surface area contributed by atoms with E-state index in [0.29, 0.717) is 24.6 Å². The topological polar surface area (TPSA) is 84.4 Å². The van der Waals surface area contributed by atoms with Crippen molar-refractivity contribution in [3.05, 3.63) is 65.1 Å². The molecule has 0 radical (unpaired) electrons. The van der Waals surface area contributed by atoms with Crippen LogP contribution in [0, 0.1) is 0 Å². The van der Waals surface area contributed by atoms with Crippen molar-refractivity contribution in [3.63, 3.8) is 0 Å². The Kier molecular flexibility index (Phi) is 5.79. The molecule has 0 unspecified atom stereocenters. The van der Waals surface area contributed by atoms with Crippen LogP contribution in [0.1, 0.15) is 0 Å². The summed E-state index contributed by atoms with van der Waals surface area (Å²) in [5.41, 5.74) is 1.92. The van der Waals surface area contributed by atoms with Gasteiger partial charge < -0.3 is 9.64 Å². The van der Waals surface area contributed by atoms with E-state index in [9.17, 15) is 8.42 Å². The Balaban J connectivity index is 1.53. The summed E-state index contributed by atoms with van der Waals surface area (Å²) in [6.45, 7) is 2.96. The third-order valence-electron chi connectivity index (χ3n) is 4.52. The maximum Gasteiger partial charge on any atom is 0.261 e. The van der Waals surface area contributed by atoms with Gasteiger partial charge in [0.15, 0.2) is 5.82 Å². The molecule has 1 aliphatic rings. The number of rotatable bonds is 5. The van der Waals surface area contributed by atoms with Crippen molar-refractivity contribution in [1.82, 2.24) is 10.2 Å². The number of hydrogen-bond donors (Lipinski definition) is 1. The van der Waals surface area contributed by atoms with Gasteiger partial charge in [0.2, 0.25) is 0 Å². The third-order valence-corrected chi connectivity index (χ3v) is 6.45. The van der Waals surface area contributed by atoms with Gasteiger partial charge in [0.05, 0.1) is 23.8 Å². The molecule has 9 heteroatoms. The minimum absolute atomic E-state index is 0.195. The maximum atomic E-state index is 12.6. The van der Waals surface area contributed by atoms with Crippen molar-refractivity contribution in [3.8, 4) is 11.3 Å². The third kappa shape index (κ3) is 4.75. The Labute approximate surface area is 177 Å². The van der Waals surface area contributed by atoms with Gasteiger partial charge in [-0.1, -0.05) is 28.1 Å². The number of sulfonamides is 1. The van der Waals surface area contributed by atoms with Gasteiger partial charge in [-0.2, -0.15) is 0 Å². The second-order valence-corrected chi connectivity index (χ2v) is 9.11. The molecule has 29 heavy (non-hydrogen) atoms. The van der Waals surface area contributed by atoms with Crippen LogP contribution in [0.5, 0.6) is 0 Å².